The number of hydrogen-bond donors (Lipinski definition) is 0. The van der Waals surface area contributed by atoms with Crippen LogP contribution in [0.4, 0.5) is 0 Å². The molecule has 2 unspecified atom stereocenters. The van der Waals surface area contributed by atoms with Crippen LogP contribution < -0.4 is 0 Å². The molecule has 3 heteroatoms. The molecule has 1 aromatic rings. The molecule has 2 atom stereocenters. The summed E-state index contributed by atoms with van der Waals surface area (Å²) >= 11 is 0. The normalized spacial score (nSPS) is 29.3. The molecule has 0 radical (unpaired) electrons. The van der Waals surface area contributed by atoms with Gasteiger partial charge in [-0.25, -0.2) is 4.79 Å². The maximum atomic E-state index is 12.0. The van der Waals surface area contributed by atoms with Gasteiger partial charge in [-0.05, 0) is 45.1 Å². The number of rotatable bonds is 3. The van der Waals surface area contributed by atoms with E-state index in [9.17, 15) is 4.79 Å². The van der Waals surface area contributed by atoms with E-state index in [0.717, 1.165) is 25.7 Å². The Morgan fingerprint density at radius 2 is 2.05 bits per heavy atom. The molecule has 0 aromatic heterocycles. The molecule has 2 fully saturated rings. The summed E-state index contributed by atoms with van der Waals surface area (Å²) in [5.41, 5.74) is 1.30. The van der Waals surface area contributed by atoms with Crippen LogP contribution in [-0.2, 0) is 16.1 Å². The first kappa shape index (κ1) is 12.7. The molecule has 0 amide bonds. The van der Waals surface area contributed by atoms with E-state index >= 15 is 0 Å². The summed E-state index contributed by atoms with van der Waals surface area (Å²) in [7, 11) is 0. The summed E-state index contributed by atoms with van der Waals surface area (Å²) in [5.74, 6) is 0.00990. The van der Waals surface area contributed by atoms with Crippen LogP contribution in [0, 0.1) is 5.92 Å². The number of fused-ring (bicyclic) bond motifs is 1. The van der Waals surface area contributed by atoms with Crippen molar-refractivity contribution in [3.05, 3.63) is 35.9 Å². The predicted molar refractivity (Wildman–Crippen MR) is 73.3 cm³/mol. The highest BCUT2D eigenvalue weighted by molar-refractivity contribution is 5.75. The Balaban J connectivity index is 1.67. The smallest absolute Gasteiger partial charge is 0.329 e. The van der Waals surface area contributed by atoms with Gasteiger partial charge in [0, 0.05) is 0 Å². The first-order valence-corrected chi connectivity index (χ1v) is 7.13. The number of carbonyl (C=O) groups excluding carboxylic acids is 1. The Morgan fingerprint density at radius 3 is 2.79 bits per heavy atom. The van der Waals surface area contributed by atoms with Crippen LogP contribution in [0.1, 0.15) is 38.7 Å². The summed E-state index contributed by atoms with van der Waals surface area (Å²) in [6, 6.07) is 10.6. The Kier molecular flexibility index (Phi) is 3.09. The second kappa shape index (κ2) is 4.64. The van der Waals surface area contributed by atoms with E-state index in [4.69, 9.17) is 4.84 Å². The van der Waals surface area contributed by atoms with E-state index < -0.39 is 0 Å². The van der Waals surface area contributed by atoms with Crippen LogP contribution in [-0.4, -0.2) is 22.6 Å². The first-order chi connectivity index (χ1) is 9.08. The van der Waals surface area contributed by atoms with Gasteiger partial charge in [-0.1, -0.05) is 30.3 Å². The molecule has 19 heavy (non-hydrogen) atoms. The summed E-state index contributed by atoms with van der Waals surface area (Å²) in [5, 5.41) is 1.95. The van der Waals surface area contributed by atoms with E-state index in [0.29, 0.717) is 0 Å². The summed E-state index contributed by atoms with van der Waals surface area (Å²) in [6.45, 7) is 4.31. The second-order valence-electron chi connectivity index (χ2n) is 6.29. The highest BCUT2D eigenvalue weighted by Crippen LogP contribution is 2.43. The fraction of sp³-hybridized carbons (Fsp3) is 0.562. The van der Waals surface area contributed by atoms with Gasteiger partial charge in [0.1, 0.15) is 0 Å². The first-order valence-electron chi connectivity index (χ1n) is 7.13. The van der Waals surface area contributed by atoms with Crippen molar-refractivity contribution < 1.29 is 9.63 Å². The topological polar surface area (TPSA) is 29.5 Å². The molecule has 0 saturated carbocycles. The van der Waals surface area contributed by atoms with Gasteiger partial charge in [0.05, 0.1) is 17.5 Å². The van der Waals surface area contributed by atoms with Crippen LogP contribution in [0.2, 0.25) is 0 Å². The van der Waals surface area contributed by atoms with Crippen LogP contribution in [0.15, 0.2) is 30.3 Å². The SMILES string of the molecule is CC1(C)CCC2C(CCc3ccccc3)C(=O)ON21. The molecular formula is C16H21NO2. The van der Waals surface area contributed by atoms with Gasteiger partial charge in [0.2, 0.25) is 0 Å². The maximum absolute atomic E-state index is 12.0. The number of nitrogens with zero attached hydrogens (tertiary/aromatic N) is 1. The minimum atomic E-state index is -0.0336. The molecule has 0 spiro atoms. The Hall–Kier alpha value is -1.35. The van der Waals surface area contributed by atoms with Crippen molar-refractivity contribution >= 4 is 5.97 Å². The number of hydroxylamine groups is 2. The number of hydrogen-bond acceptors (Lipinski definition) is 3. The molecule has 0 bridgehead atoms. The molecule has 0 aliphatic carbocycles. The molecule has 2 aliphatic rings. The molecule has 2 saturated heterocycles. The van der Waals surface area contributed by atoms with E-state index in [1.54, 1.807) is 0 Å². The van der Waals surface area contributed by atoms with Crippen LogP contribution in [0.25, 0.3) is 0 Å². The van der Waals surface area contributed by atoms with Crippen LogP contribution >= 0.6 is 0 Å². The fourth-order valence-electron chi connectivity index (χ4n) is 3.33. The van der Waals surface area contributed by atoms with Crippen LogP contribution in [0.5, 0.6) is 0 Å². The maximum Gasteiger partial charge on any atom is 0.329 e. The fourth-order valence-corrected chi connectivity index (χ4v) is 3.33. The lowest BCUT2D eigenvalue weighted by Gasteiger charge is -2.27. The van der Waals surface area contributed by atoms with Gasteiger partial charge in [-0.2, -0.15) is 0 Å². The third-order valence-electron chi connectivity index (χ3n) is 4.49. The van der Waals surface area contributed by atoms with E-state index in [1.165, 1.54) is 5.56 Å². The summed E-state index contributed by atoms with van der Waals surface area (Å²) < 4.78 is 0. The monoisotopic (exact) mass is 259 g/mol. The lowest BCUT2D eigenvalue weighted by molar-refractivity contribution is -0.191. The molecule has 2 aliphatic heterocycles. The Bertz CT molecular complexity index is 469. The standard InChI is InChI=1S/C16H21NO2/c1-16(2)11-10-14-13(15(18)19-17(14)16)9-8-12-6-4-3-5-7-12/h3-7,13-14H,8-11H2,1-2H3. The Morgan fingerprint density at radius 1 is 1.32 bits per heavy atom. The minimum Gasteiger partial charge on any atom is -0.367 e. The highest BCUT2D eigenvalue weighted by atomic mass is 16.7. The average Bonchev–Trinajstić information content (AvgIpc) is 2.86. The van der Waals surface area contributed by atoms with Crippen molar-refractivity contribution in [3.63, 3.8) is 0 Å². The van der Waals surface area contributed by atoms with Crippen molar-refractivity contribution in [2.75, 3.05) is 0 Å². The molecule has 1 aromatic carbocycles. The largest absolute Gasteiger partial charge is 0.367 e. The third-order valence-corrected chi connectivity index (χ3v) is 4.49. The van der Waals surface area contributed by atoms with Crippen molar-refractivity contribution in [1.29, 1.82) is 0 Å². The predicted octanol–water partition coefficient (Wildman–Crippen LogP) is 2.95. The van der Waals surface area contributed by atoms with E-state index in [1.807, 2.05) is 23.3 Å². The van der Waals surface area contributed by atoms with Crippen molar-refractivity contribution in [2.24, 2.45) is 5.92 Å². The summed E-state index contributed by atoms with van der Waals surface area (Å²) in [4.78, 5) is 17.5. The number of carbonyl (C=O) groups is 1. The molecule has 2 heterocycles. The minimum absolute atomic E-state index is 0.00181. The van der Waals surface area contributed by atoms with Crippen molar-refractivity contribution in [1.82, 2.24) is 5.06 Å². The second-order valence-corrected chi connectivity index (χ2v) is 6.29. The van der Waals surface area contributed by atoms with E-state index in [2.05, 4.69) is 26.0 Å². The zero-order chi connectivity index (χ0) is 13.5. The molecule has 0 N–H and O–H groups in total. The zero-order valence-corrected chi connectivity index (χ0v) is 11.6. The van der Waals surface area contributed by atoms with Gasteiger partial charge in [0.15, 0.2) is 0 Å². The molecule has 3 nitrogen and oxygen atoms in total. The molecule has 3 rings (SSSR count). The van der Waals surface area contributed by atoms with Gasteiger partial charge >= 0.3 is 5.97 Å². The number of aryl methyl sites for hydroxylation is 1. The van der Waals surface area contributed by atoms with Crippen LogP contribution in [0.3, 0.4) is 0 Å². The summed E-state index contributed by atoms with van der Waals surface area (Å²) in [6.07, 6.45) is 4.01. The van der Waals surface area contributed by atoms with Crippen molar-refractivity contribution in [3.8, 4) is 0 Å². The lowest BCUT2D eigenvalue weighted by atomic mass is 9.92. The average molecular weight is 259 g/mol. The van der Waals surface area contributed by atoms with E-state index in [-0.39, 0.29) is 23.5 Å². The van der Waals surface area contributed by atoms with Crippen molar-refractivity contribution in [2.45, 2.75) is 51.1 Å². The Labute approximate surface area is 114 Å². The molecule has 102 valence electrons. The van der Waals surface area contributed by atoms with Gasteiger partial charge in [0.25, 0.3) is 0 Å². The third kappa shape index (κ3) is 2.27. The quantitative estimate of drug-likeness (QED) is 0.836. The van der Waals surface area contributed by atoms with Gasteiger partial charge in [-0.3, -0.25) is 0 Å². The zero-order valence-electron chi connectivity index (χ0n) is 11.6. The molecular weight excluding hydrogens is 238 g/mol. The van der Waals surface area contributed by atoms with Gasteiger partial charge < -0.3 is 4.84 Å². The van der Waals surface area contributed by atoms with Gasteiger partial charge in [-0.15, -0.1) is 5.06 Å². The highest BCUT2D eigenvalue weighted by Gasteiger charge is 2.53. The lowest BCUT2D eigenvalue weighted by Crippen LogP contribution is -2.39. The number of benzene rings is 1.